The molecule has 8 heteroatoms. The molecule has 0 saturated heterocycles. The van der Waals surface area contributed by atoms with E-state index in [1.54, 1.807) is 23.0 Å². The summed E-state index contributed by atoms with van der Waals surface area (Å²) < 4.78 is 1.63. The minimum Gasteiger partial charge on any atom is -0.360 e. The van der Waals surface area contributed by atoms with Gasteiger partial charge in [0.05, 0.1) is 0 Å². The molecule has 0 fully saturated rings. The second-order valence-electron chi connectivity index (χ2n) is 3.97. The van der Waals surface area contributed by atoms with E-state index in [9.17, 15) is 0 Å². The lowest BCUT2D eigenvalue weighted by molar-refractivity contribution is 0.960. The molecule has 1 N–H and O–H groups in total. The first-order valence-electron chi connectivity index (χ1n) is 5.84. The molecule has 0 saturated carbocycles. The van der Waals surface area contributed by atoms with Crippen LogP contribution in [0.3, 0.4) is 0 Å². The van der Waals surface area contributed by atoms with Gasteiger partial charge in [0.25, 0.3) is 0 Å². The van der Waals surface area contributed by atoms with Crippen molar-refractivity contribution in [1.82, 2.24) is 19.8 Å². The summed E-state index contributed by atoms with van der Waals surface area (Å²) >= 11 is 1.45. The minimum atomic E-state index is 0.0210. The van der Waals surface area contributed by atoms with Crippen molar-refractivity contribution in [2.75, 3.05) is 5.32 Å². The normalized spacial score (nSPS) is 9.81. The number of aromatic nitrogens is 4. The van der Waals surface area contributed by atoms with Gasteiger partial charge in [0.15, 0.2) is 0 Å². The van der Waals surface area contributed by atoms with E-state index in [1.165, 1.54) is 17.5 Å². The molecule has 100 valence electrons. The van der Waals surface area contributed by atoms with Crippen molar-refractivity contribution < 1.29 is 0 Å². The Labute approximate surface area is 123 Å². The highest BCUT2D eigenvalue weighted by molar-refractivity contribution is 7.19. The molecule has 0 aliphatic rings. The molecule has 0 bridgehead atoms. The number of nitrogens with zero attached hydrogens (tertiary/aromatic N) is 6. The van der Waals surface area contributed by atoms with Gasteiger partial charge < -0.3 is 5.32 Å². The van der Waals surface area contributed by atoms with Crippen LogP contribution in [0.4, 0.5) is 5.69 Å². The van der Waals surface area contributed by atoms with Gasteiger partial charge in [-0.05, 0) is 24.3 Å². The molecule has 1 aromatic carbocycles. The highest BCUT2D eigenvalue weighted by Gasteiger charge is 2.07. The summed E-state index contributed by atoms with van der Waals surface area (Å²) in [7, 11) is 0. The fraction of sp³-hybridized carbons (Fsp3) is 0. The van der Waals surface area contributed by atoms with Gasteiger partial charge in [0.1, 0.15) is 29.0 Å². The van der Waals surface area contributed by atoms with Crippen molar-refractivity contribution in [3.05, 3.63) is 42.4 Å². The smallest absolute Gasteiger partial charge is 0.234 e. The van der Waals surface area contributed by atoms with Crippen molar-refractivity contribution in [3.8, 4) is 22.7 Å². The number of hydrogen-bond donors (Lipinski definition) is 1. The van der Waals surface area contributed by atoms with Crippen LogP contribution in [-0.2, 0) is 0 Å². The summed E-state index contributed by atoms with van der Waals surface area (Å²) in [4.78, 5) is 0.739. The van der Waals surface area contributed by atoms with E-state index in [4.69, 9.17) is 10.5 Å². The highest BCUT2D eigenvalue weighted by Crippen LogP contribution is 2.25. The van der Waals surface area contributed by atoms with Crippen LogP contribution in [0.15, 0.2) is 42.4 Å². The zero-order chi connectivity index (χ0) is 14.7. The van der Waals surface area contributed by atoms with Gasteiger partial charge in [-0.15, -0.1) is 10.2 Å². The molecule has 7 nitrogen and oxygen atoms in total. The van der Waals surface area contributed by atoms with Crippen LogP contribution < -0.4 is 5.32 Å². The average Bonchev–Trinajstić information content (AvgIpc) is 3.10. The predicted octanol–water partition coefficient (Wildman–Crippen LogP) is 2.20. The quantitative estimate of drug-likeness (QED) is 0.742. The first-order valence-corrected chi connectivity index (χ1v) is 6.66. The number of anilines is 1. The predicted molar refractivity (Wildman–Crippen MR) is 77.0 cm³/mol. The van der Waals surface area contributed by atoms with Gasteiger partial charge in [-0.25, -0.2) is 0 Å². The van der Waals surface area contributed by atoms with Crippen LogP contribution in [-0.4, -0.2) is 19.8 Å². The summed E-state index contributed by atoms with van der Waals surface area (Å²) in [5.74, 6) is 0. The van der Waals surface area contributed by atoms with Crippen molar-refractivity contribution in [2.24, 2.45) is 0 Å². The molecule has 0 aliphatic carbocycles. The summed E-state index contributed by atoms with van der Waals surface area (Å²) in [6.07, 6.45) is 2.93. The molecule has 2 heterocycles. The maximum atomic E-state index is 8.64. The van der Waals surface area contributed by atoms with Crippen LogP contribution in [0.25, 0.3) is 15.5 Å². The van der Waals surface area contributed by atoms with E-state index in [2.05, 4.69) is 20.6 Å². The van der Waals surface area contributed by atoms with E-state index >= 15 is 0 Å². The van der Waals surface area contributed by atoms with E-state index in [0.29, 0.717) is 0 Å². The van der Waals surface area contributed by atoms with Crippen molar-refractivity contribution in [2.45, 2.75) is 0 Å². The number of nitrogens with one attached hydrogen (secondary N) is 1. The molecule has 0 spiro atoms. The third-order valence-corrected chi connectivity index (χ3v) is 3.60. The maximum Gasteiger partial charge on any atom is 0.234 e. The van der Waals surface area contributed by atoms with Crippen molar-refractivity contribution in [3.63, 3.8) is 0 Å². The summed E-state index contributed by atoms with van der Waals surface area (Å²) in [6.45, 7) is 0. The minimum absolute atomic E-state index is 0.0210. The van der Waals surface area contributed by atoms with E-state index < -0.39 is 0 Å². The van der Waals surface area contributed by atoms with Crippen molar-refractivity contribution in [1.29, 1.82) is 10.5 Å². The first kappa shape index (κ1) is 12.8. The van der Waals surface area contributed by atoms with Crippen LogP contribution >= 0.6 is 11.3 Å². The van der Waals surface area contributed by atoms with Crippen LogP contribution in [0.2, 0.25) is 0 Å². The van der Waals surface area contributed by atoms with Gasteiger partial charge in [0, 0.05) is 17.5 Å². The Morgan fingerprint density at radius 3 is 2.67 bits per heavy atom. The van der Waals surface area contributed by atoms with E-state index in [1.807, 2.05) is 24.3 Å². The third-order valence-electron chi connectivity index (χ3n) is 2.64. The molecule has 0 atom stereocenters. The Morgan fingerprint density at radius 2 is 2.00 bits per heavy atom. The zero-order valence-corrected chi connectivity index (χ0v) is 11.4. The topological polar surface area (TPSA) is 103 Å². The lowest BCUT2D eigenvalue weighted by Crippen LogP contribution is -1.89. The summed E-state index contributed by atoms with van der Waals surface area (Å²) in [5, 5.41) is 33.1. The van der Waals surface area contributed by atoms with Crippen LogP contribution in [0, 0.1) is 22.7 Å². The zero-order valence-electron chi connectivity index (χ0n) is 10.6. The number of allylic oxidation sites excluding steroid dienone is 1. The Kier molecular flexibility index (Phi) is 3.29. The van der Waals surface area contributed by atoms with Gasteiger partial charge in [0.2, 0.25) is 4.96 Å². The average molecular weight is 293 g/mol. The summed E-state index contributed by atoms with van der Waals surface area (Å²) in [5.41, 5.74) is 1.76. The number of benzene rings is 1. The number of hydrogen-bond acceptors (Lipinski definition) is 7. The molecule has 0 amide bonds. The molecule has 3 rings (SSSR count). The van der Waals surface area contributed by atoms with Gasteiger partial charge in [-0.3, -0.25) is 0 Å². The molecular formula is C13H7N7S. The second-order valence-corrected chi connectivity index (χ2v) is 4.92. The molecule has 21 heavy (non-hydrogen) atoms. The third kappa shape index (κ3) is 2.56. The Morgan fingerprint density at radius 1 is 1.24 bits per heavy atom. The van der Waals surface area contributed by atoms with E-state index in [-0.39, 0.29) is 5.57 Å². The molecular weight excluding hydrogens is 286 g/mol. The second kappa shape index (κ2) is 5.41. The van der Waals surface area contributed by atoms with Gasteiger partial charge >= 0.3 is 0 Å². The van der Waals surface area contributed by atoms with Crippen LogP contribution in [0.5, 0.6) is 0 Å². The number of fused-ring (bicyclic) bond motifs is 1. The Hall–Kier alpha value is -3.23. The maximum absolute atomic E-state index is 8.64. The lowest BCUT2D eigenvalue weighted by atomic mass is 10.2. The van der Waals surface area contributed by atoms with Gasteiger partial charge in [-0.1, -0.05) is 11.3 Å². The fourth-order valence-corrected chi connectivity index (χ4v) is 2.46. The van der Waals surface area contributed by atoms with Crippen molar-refractivity contribution >= 4 is 22.0 Å². The molecule has 3 aromatic rings. The molecule has 2 aromatic heterocycles. The van der Waals surface area contributed by atoms with Gasteiger partial charge in [-0.2, -0.15) is 20.1 Å². The molecule has 0 unspecified atom stereocenters. The number of nitriles is 2. The standard InChI is InChI=1S/C13H7N7S/c14-5-9(6-15)7-16-11-3-1-10(2-4-11)12-19-20-8-17-18-13(20)21-12/h1-4,7-8,16H. The highest BCUT2D eigenvalue weighted by atomic mass is 32.1. The molecule has 0 radical (unpaired) electrons. The Balaban J connectivity index is 1.81. The monoisotopic (exact) mass is 293 g/mol. The number of rotatable bonds is 3. The molecule has 0 aliphatic heterocycles. The summed E-state index contributed by atoms with van der Waals surface area (Å²) in [6, 6.07) is 11.1. The fourth-order valence-electron chi connectivity index (χ4n) is 1.63. The SMILES string of the molecule is N#CC(C#N)=CNc1ccc(-c2nn3cnnc3s2)cc1. The lowest BCUT2D eigenvalue weighted by Gasteiger charge is -2.01. The van der Waals surface area contributed by atoms with E-state index in [0.717, 1.165) is 21.2 Å². The van der Waals surface area contributed by atoms with Crippen LogP contribution in [0.1, 0.15) is 0 Å². The first-order chi connectivity index (χ1) is 10.3. The Bertz CT molecular complexity index is 845. The largest absolute Gasteiger partial charge is 0.360 e.